The van der Waals surface area contributed by atoms with Crippen molar-refractivity contribution in [1.29, 1.82) is 0 Å². The largest absolute Gasteiger partial charge is 0.495 e. The first-order valence-electron chi connectivity index (χ1n) is 8.52. The van der Waals surface area contributed by atoms with E-state index in [1.165, 1.54) is 19.2 Å². The summed E-state index contributed by atoms with van der Waals surface area (Å²) in [6.07, 6.45) is 3.12. The summed E-state index contributed by atoms with van der Waals surface area (Å²) < 4.78 is 32.8. The first-order chi connectivity index (χ1) is 11.7. The van der Waals surface area contributed by atoms with E-state index >= 15 is 0 Å². The number of sulfonamides is 1. The molecular weight excluding hydrogens is 342 g/mol. The van der Waals surface area contributed by atoms with Gasteiger partial charge in [-0.25, -0.2) is 13.1 Å². The lowest BCUT2D eigenvalue weighted by atomic mass is 9.94. The Kier molecular flexibility index (Phi) is 6.08. The fourth-order valence-corrected chi connectivity index (χ4v) is 3.87. The Labute approximate surface area is 149 Å². The summed E-state index contributed by atoms with van der Waals surface area (Å²) >= 11 is 0. The van der Waals surface area contributed by atoms with E-state index in [4.69, 9.17) is 10.5 Å². The maximum atomic E-state index is 12.5. The molecule has 0 heterocycles. The second kappa shape index (κ2) is 7.72. The van der Waals surface area contributed by atoms with Crippen molar-refractivity contribution in [2.24, 2.45) is 5.73 Å². The van der Waals surface area contributed by atoms with Gasteiger partial charge in [-0.2, -0.15) is 0 Å². The molecule has 0 aliphatic heterocycles. The van der Waals surface area contributed by atoms with E-state index in [0.29, 0.717) is 6.54 Å². The Morgan fingerprint density at radius 1 is 1.32 bits per heavy atom. The number of carbonyl (C=O) groups is 1. The molecule has 1 fully saturated rings. The van der Waals surface area contributed by atoms with E-state index < -0.39 is 15.6 Å². The lowest BCUT2D eigenvalue weighted by Gasteiger charge is -2.26. The highest BCUT2D eigenvalue weighted by molar-refractivity contribution is 7.89. The van der Waals surface area contributed by atoms with Crippen LogP contribution in [0.1, 0.15) is 49.9 Å². The van der Waals surface area contributed by atoms with Crippen molar-refractivity contribution in [1.82, 2.24) is 10.0 Å². The first kappa shape index (κ1) is 19.7. The topological polar surface area (TPSA) is 111 Å². The van der Waals surface area contributed by atoms with Gasteiger partial charge in [0.1, 0.15) is 10.6 Å². The second-order valence-corrected chi connectivity index (χ2v) is 8.20. The van der Waals surface area contributed by atoms with E-state index in [9.17, 15) is 13.2 Å². The summed E-state index contributed by atoms with van der Waals surface area (Å²) in [4.78, 5) is 12.4. The smallest absolute Gasteiger partial charge is 0.251 e. The molecule has 1 saturated carbocycles. The Morgan fingerprint density at radius 3 is 2.48 bits per heavy atom. The highest BCUT2D eigenvalue weighted by Gasteiger charge is 2.30. The van der Waals surface area contributed by atoms with Gasteiger partial charge in [0.15, 0.2) is 0 Å². The zero-order valence-electron chi connectivity index (χ0n) is 15.0. The van der Waals surface area contributed by atoms with E-state index in [0.717, 1.165) is 25.7 Å². The zero-order valence-corrected chi connectivity index (χ0v) is 15.8. The molecule has 2 rings (SSSR count). The standard InChI is InChI=1S/C17H27N3O4S/c1-4-17(18,5-2)11-19-16(21)12-6-9-14(24-3)15(10-12)25(22,23)20-13-7-8-13/h6,9-10,13,20H,4-5,7-8,11,18H2,1-3H3,(H,19,21). The molecule has 1 aromatic carbocycles. The van der Waals surface area contributed by atoms with Gasteiger partial charge in [0.05, 0.1) is 7.11 Å². The van der Waals surface area contributed by atoms with Crippen molar-refractivity contribution in [2.45, 2.75) is 56.0 Å². The van der Waals surface area contributed by atoms with Gasteiger partial charge in [-0.05, 0) is 43.9 Å². The molecule has 7 nitrogen and oxygen atoms in total. The van der Waals surface area contributed by atoms with Crippen LogP contribution >= 0.6 is 0 Å². The normalized spacial score (nSPS) is 15.0. The van der Waals surface area contributed by atoms with Crippen molar-refractivity contribution < 1.29 is 17.9 Å². The summed E-state index contributed by atoms with van der Waals surface area (Å²) in [5.41, 5.74) is 5.98. The fourth-order valence-electron chi connectivity index (χ4n) is 2.37. The first-order valence-corrected chi connectivity index (χ1v) is 10.0. The SMILES string of the molecule is CCC(N)(CC)CNC(=O)c1ccc(OC)c(S(=O)(=O)NC2CC2)c1. The number of hydrogen-bond donors (Lipinski definition) is 3. The van der Waals surface area contributed by atoms with E-state index in [-0.39, 0.29) is 28.2 Å². The van der Waals surface area contributed by atoms with Crippen molar-refractivity contribution in [3.8, 4) is 5.75 Å². The lowest BCUT2D eigenvalue weighted by Crippen LogP contribution is -2.49. The van der Waals surface area contributed by atoms with Gasteiger partial charge in [-0.1, -0.05) is 13.8 Å². The summed E-state index contributed by atoms with van der Waals surface area (Å²) in [5.74, 6) is -0.151. The molecule has 0 radical (unpaired) electrons. The molecule has 1 aromatic rings. The minimum atomic E-state index is -3.73. The quantitative estimate of drug-likeness (QED) is 0.609. The van der Waals surface area contributed by atoms with Crippen LogP contribution in [0.2, 0.25) is 0 Å². The third-order valence-corrected chi connectivity index (χ3v) is 6.17. The Bertz CT molecular complexity index is 725. The molecule has 25 heavy (non-hydrogen) atoms. The molecular formula is C17H27N3O4S. The van der Waals surface area contributed by atoms with Crippen LogP contribution in [0.5, 0.6) is 5.75 Å². The average molecular weight is 369 g/mol. The highest BCUT2D eigenvalue weighted by atomic mass is 32.2. The maximum Gasteiger partial charge on any atom is 0.251 e. The summed E-state index contributed by atoms with van der Waals surface area (Å²) in [6.45, 7) is 4.27. The molecule has 0 unspecified atom stereocenters. The molecule has 1 aliphatic rings. The fraction of sp³-hybridized carbons (Fsp3) is 0.588. The van der Waals surface area contributed by atoms with Gasteiger partial charge in [0.2, 0.25) is 10.0 Å². The minimum Gasteiger partial charge on any atom is -0.495 e. The molecule has 0 atom stereocenters. The third kappa shape index (κ3) is 4.93. The second-order valence-electron chi connectivity index (χ2n) is 6.51. The average Bonchev–Trinajstić information content (AvgIpc) is 3.42. The lowest BCUT2D eigenvalue weighted by molar-refractivity contribution is 0.0942. The third-order valence-electron chi connectivity index (χ3n) is 4.62. The summed E-state index contributed by atoms with van der Waals surface area (Å²) in [5, 5.41) is 2.79. The van der Waals surface area contributed by atoms with Crippen molar-refractivity contribution >= 4 is 15.9 Å². The molecule has 140 valence electrons. The number of benzene rings is 1. The van der Waals surface area contributed by atoms with Crippen LogP contribution in [-0.2, 0) is 10.0 Å². The van der Waals surface area contributed by atoms with E-state index in [2.05, 4.69) is 10.0 Å². The van der Waals surface area contributed by atoms with Crippen LogP contribution in [0.3, 0.4) is 0 Å². The van der Waals surface area contributed by atoms with Gasteiger partial charge in [-0.3, -0.25) is 4.79 Å². The molecule has 4 N–H and O–H groups in total. The van der Waals surface area contributed by atoms with Crippen LogP contribution in [0, 0.1) is 0 Å². The number of ether oxygens (including phenoxy) is 1. The minimum absolute atomic E-state index is 0.0282. The number of hydrogen-bond acceptors (Lipinski definition) is 5. The summed E-state index contributed by atoms with van der Waals surface area (Å²) in [6, 6.07) is 4.35. The Morgan fingerprint density at radius 2 is 1.96 bits per heavy atom. The molecule has 0 aromatic heterocycles. The van der Waals surface area contributed by atoms with Crippen molar-refractivity contribution in [3.05, 3.63) is 23.8 Å². The molecule has 0 saturated heterocycles. The van der Waals surface area contributed by atoms with Crippen molar-refractivity contribution in [3.63, 3.8) is 0 Å². The van der Waals surface area contributed by atoms with Gasteiger partial charge in [0, 0.05) is 23.7 Å². The van der Waals surface area contributed by atoms with Crippen LogP contribution < -0.4 is 20.5 Å². The van der Waals surface area contributed by atoms with Gasteiger partial charge in [-0.15, -0.1) is 0 Å². The Balaban J connectivity index is 2.21. The van der Waals surface area contributed by atoms with E-state index in [1.54, 1.807) is 6.07 Å². The number of amides is 1. The monoisotopic (exact) mass is 369 g/mol. The van der Waals surface area contributed by atoms with Crippen LogP contribution in [0.4, 0.5) is 0 Å². The number of rotatable bonds is 9. The Hall–Kier alpha value is -1.64. The molecule has 8 heteroatoms. The molecule has 0 bridgehead atoms. The number of nitrogens with two attached hydrogens (primary N) is 1. The number of nitrogens with one attached hydrogen (secondary N) is 2. The highest BCUT2D eigenvalue weighted by Crippen LogP contribution is 2.28. The number of methoxy groups -OCH3 is 1. The predicted molar refractivity (Wildman–Crippen MR) is 96.2 cm³/mol. The summed E-state index contributed by atoms with van der Waals surface area (Å²) in [7, 11) is -2.33. The van der Waals surface area contributed by atoms with Crippen molar-refractivity contribution in [2.75, 3.05) is 13.7 Å². The zero-order chi connectivity index (χ0) is 18.7. The van der Waals surface area contributed by atoms with Gasteiger partial charge < -0.3 is 15.8 Å². The van der Waals surface area contributed by atoms with Gasteiger partial charge in [0.25, 0.3) is 5.91 Å². The van der Waals surface area contributed by atoms with Crippen LogP contribution in [0.15, 0.2) is 23.1 Å². The molecule has 0 spiro atoms. The van der Waals surface area contributed by atoms with Gasteiger partial charge >= 0.3 is 0 Å². The van der Waals surface area contributed by atoms with Crippen LogP contribution in [-0.4, -0.2) is 39.6 Å². The molecule has 1 aliphatic carbocycles. The predicted octanol–water partition coefficient (Wildman–Crippen LogP) is 1.38. The van der Waals surface area contributed by atoms with E-state index in [1.807, 2.05) is 13.8 Å². The van der Waals surface area contributed by atoms with Crippen LogP contribution in [0.25, 0.3) is 0 Å². The number of carbonyl (C=O) groups excluding carboxylic acids is 1. The maximum absolute atomic E-state index is 12.5. The molecule has 1 amide bonds.